The number of nitrogens with zero attached hydrogens (tertiary/aromatic N) is 3. The van der Waals surface area contributed by atoms with Gasteiger partial charge in [-0.05, 0) is 142 Å². The number of rotatable bonds is 7. The van der Waals surface area contributed by atoms with Crippen molar-refractivity contribution in [1.82, 2.24) is 9.88 Å². The Kier molecular flexibility index (Phi) is 9.81. The van der Waals surface area contributed by atoms with E-state index >= 15 is 0 Å². The van der Waals surface area contributed by atoms with E-state index in [4.69, 9.17) is 14.7 Å². The molecule has 362 valence electrons. The molecule has 0 amide bonds. The first-order chi connectivity index (χ1) is 37.7. The quantitative estimate of drug-likeness (QED) is 0.173. The van der Waals surface area contributed by atoms with Crippen molar-refractivity contribution in [2.24, 2.45) is 4.99 Å². The molecule has 6 heteroatoms. The number of fused-ring (bicyclic) bond motifs is 11. The van der Waals surface area contributed by atoms with Crippen LogP contribution in [-0.2, 0) is 5.41 Å². The molecule has 16 rings (SSSR count). The topological polar surface area (TPSA) is 56.6 Å². The average molecular weight is 994 g/mol. The molecule has 4 aliphatic rings. The summed E-state index contributed by atoms with van der Waals surface area (Å²) in [5, 5.41) is 16.7. The van der Waals surface area contributed by atoms with Crippen molar-refractivity contribution in [3.05, 3.63) is 280 Å². The Labute approximate surface area is 444 Å². The summed E-state index contributed by atoms with van der Waals surface area (Å²) < 4.78 is 11.7. The molecule has 2 unspecified atom stereocenters. The monoisotopic (exact) mass is 993 g/mol. The SMILES string of the molecule is C1=CCCC(C2N=C(C3=CC4=C(CC3)c3ccccc3C4(c3ccccc3)c3ccccc3)NC(c3ccc4c(c3)oc3ccc(-c5cccc6sc7cc(-n8c9ccccc9c9ccccc98)ccc7c56)cc34)[N-]2)=C1. The van der Waals surface area contributed by atoms with Crippen LogP contribution < -0.4 is 5.32 Å². The van der Waals surface area contributed by atoms with E-state index in [-0.39, 0.29) is 12.3 Å². The Morgan fingerprint density at radius 1 is 0.592 bits per heavy atom. The lowest BCUT2D eigenvalue weighted by molar-refractivity contribution is 0.629. The van der Waals surface area contributed by atoms with Crippen molar-refractivity contribution in [2.45, 2.75) is 43.4 Å². The molecule has 0 fully saturated rings. The van der Waals surface area contributed by atoms with Crippen LogP contribution in [0, 0.1) is 0 Å². The summed E-state index contributed by atoms with van der Waals surface area (Å²) >= 11 is 1.87. The van der Waals surface area contributed by atoms with E-state index < -0.39 is 5.41 Å². The van der Waals surface area contributed by atoms with Crippen LogP contribution >= 0.6 is 11.3 Å². The van der Waals surface area contributed by atoms with E-state index in [1.165, 1.54) is 103 Å². The van der Waals surface area contributed by atoms with Crippen LogP contribution in [0.2, 0.25) is 0 Å². The van der Waals surface area contributed by atoms with Gasteiger partial charge in [0.15, 0.2) is 0 Å². The number of para-hydroxylation sites is 2. The fourth-order valence-electron chi connectivity index (χ4n) is 13.3. The lowest BCUT2D eigenvalue weighted by atomic mass is 9.66. The minimum Gasteiger partial charge on any atom is -0.613 e. The summed E-state index contributed by atoms with van der Waals surface area (Å²) in [5.41, 5.74) is 18.8. The van der Waals surface area contributed by atoms with E-state index in [9.17, 15) is 0 Å². The van der Waals surface area contributed by atoms with E-state index in [0.717, 1.165) is 59.0 Å². The lowest BCUT2D eigenvalue weighted by Gasteiger charge is -2.45. The number of furan rings is 1. The Morgan fingerprint density at radius 2 is 1.33 bits per heavy atom. The van der Waals surface area contributed by atoms with Gasteiger partial charge in [-0.15, -0.1) is 11.3 Å². The number of nitrogens with one attached hydrogen (secondary N) is 1. The van der Waals surface area contributed by atoms with Gasteiger partial charge in [0, 0.05) is 47.4 Å². The van der Waals surface area contributed by atoms with Gasteiger partial charge >= 0.3 is 0 Å². The normalized spacial score (nSPS) is 18.1. The molecule has 1 N–H and O–H groups in total. The highest BCUT2D eigenvalue weighted by molar-refractivity contribution is 7.26. The Bertz CT molecular complexity index is 4450. The first-order valence-electron chi connectivity index (χ1n) is 26.6. The number of hydrogen-bond acceptors (Lipinski definition) is 4. The third kappa shape index (κ3) is 6.57. The predicted octanol–water partition coefficient (Wildman–Crippen LogP) is 18.2. The van der Waals surface area contributed by atoms with Crippen molar-refractivity contribution in [3.8, 4) is 16.8 Å². The Morgan fingerprint density at radius 3 is 2.12 bits per heavy atom. The van der Waals surface area contributed by atoms with Crippen LogP contribution in [0.25, 0.3) is 91.6 Å². The number of hydrogen-bond donors (Lipinski definition) is 1. The Balaban J connectivity index is 0.764. The summed E-state index contributed by atoms with van der Waals surface area (Å²) in [6.45, 7) is 0. The Hall–Kier alpha value is -8.81. The van der Waals surface area contributed by atoms with Crippen LogP contribution in [0.5, 0.6) is 0 Å². The molecule has 0 radical (unpaired) electrons. The van der Waals surface area contributed by atoms with Gasteiger partial charge in [-0.25, -0.2) is 0 Å². The van der Waals surface area contributed by atoms with Crippen molar-refractivity contribution >= 4 is 86.7 Å². The molecule has 4 heterocycles. The molecular weight excluding hydrogens is 945 g/mol. The summed E-state index contributed by atoms with van der Waals surface area (Å²) in [7, 11) is 0. The summed E-state index contributed by atoms with van der Waals surface area (Å²) in [6, 6.07) is 75.8. The first-order valence-corrected chi connectivity index (χ1v) is 27.4. The highest BCUT2D eigenvalue weighted by atomic mass is 32.1. The number of allylic oxidation sites excluding steroid dienone is 6. The predicted molar refractivity (Wildman–Crippen MR) is 317 cm³/mol. The first kappa shape index (κ1) is 43.6. The number of aromatic nitrogens is 1. The molecule has 0 bridgehead atoms. The van der Waals surface area contributed by atoms with Gasteiger partial charge in [-0.3, -0.25) is 4.99 Å². The van der Waals surface area contributed by atoms with Gasteiger partial charge in [-0.1, -0.05) is 188 Å². The van der Waals surface area contributed by atoms with Crippen molar-refractivity contribution in [1.29, 1.82) is 0 Å². The maximum Gasteiger partial charge on any atom is 0.135 e. The maximum atomic E-state index is 6.76. The number of thiophene rings is 1. The van der Waals surface area contributed by atoms with Gasteiger partial charge in [0.25, 0.3) is 0 Å². The van der Waals surface area contributed by atoms with E-state index in [1.54, 1.807) is 0 Å². The minimum atomic E-state index is -0.468. The van der Waals surface area contributed by atoms with Gasteiger partial charge in [0.1, 0.15) is 17.0 Å². The molecule has 3 aromatic heterocycles. The van der Waals surface area contributed by atoms with E-state index in [0.29, 0.717) is 0 Å². The zero-order chi connectivity index (χ0) is 49.9. The van der Waals surface area contributed by atoms with Gasteiger partial charge in [0.2, 0.25) is 0 Å². The minimum absolute atomic E-state index is 0.304. The lowest BCUT2D eigenvalue weighted by Crippen LogP contribution is -2.38. The molecule has 0 spiro atoms. The molecule has 1 aliphatic heterocycles. The summed E-state index contributed by atoms with van der Waals surface area (Å²) in [5.74, 6) is 0.922. The molecule has 2 atom stereocenters. The van der Waals surface area contributed by atoms with E-state index in [1.807, 2.05) is 11.3 Å². The highest BCUT2D eigenvalue weighted by Gasteiger charge is 2.48. The summed E-state index contributed by atoms with van der Waals surface area (Å²) in [4.78, 5) is 5.49. The molecule has 9 aromatic carbocycles. The third-order valence-corrected chi connectivity index (χ3v) is 17.8. The van der Waals surface area contributed by atoms with Crippen LogP contribution in [0.3, 0.4) is 0 Å². The average Bonchev–Trinajstić information content (AvgIpc) is 4.37. The second kappa shape index (κ2) is 17.1. The van der Waals surface area contributed by atoms with Gasteiger partial charge < -0.3 is 19.6 Å². The summed E-state index contributed by atoms with van der Waals surface area (Å²) in [6.07, 6.45) is 12.2. The molecule has 5 nitrogen and oxygen atoms in total. The van der Waals surface area contributed by atoms with Crippen LogP contribution in [-0.4, -0.2) is 16.6 Å². The maximum absolute atomic E-state index is 6.76. The smallest absolute Gasteiger partial charge is 0.135 e. The van der Waals surface area contributed by atoms with Gasteiger partial charge in [-0.2, -0.15) is 0 Å². The van der Waals surface area contributed by atoms with Crippen LogP contribution in [0.1, 0.15) is 59.7 Å². The van der Waals surface area contributed by atoms with Crippen molar-refractivity contribution in [3.63, 3.8) is 0 Å². The second-order valence-corrected chi connectivity index (χ2v) is 21.8. The molecule has 3 aliphatic carbocycles. The highest BCUT2D eigenvalue weighted by Crippen LogP contribution is 2.58. The molecule has 12 aromatic rings. The van der Waals surface area contributed by atoms with Crippen LogP contribution in [0.15, 0.2) is 257 Å². The standard InChI is InChI=1S/C70H49N4OS/c1-4-17-43(18-5-1)67-71-68(45-31-35-52-51-23-10-13-27-58(51)70(59(52)40-45,47-19-6-2-7-20-47)48-21-8-3-9-22-48)73-69(72-67)46-32-36-55-57-39-44(33-38-62(57)75-63(55)41-46)50-26-16-30-64-66(50)56-37-34-49(42-65(56)76-64)74-60-28-14-11-24-53(60)54-25-12-15-29-61(54)74/h1-4,6-17,19-30,32-34,36-42,67,69H,5,18,31,35H2,(H,71,73)/q-1. The second-order valence-electron chi connectivity index (χ2n) is 20.7. The van der Waals surface area contributed by atoms with Gasteiger partial charge in [0.05, 0.1) is 16.4 Å². The zero-order valence-electron chi connectivity index (χ0n) is 41.6. The zero-order valence-corrected chi connectivity index (χ0v) is 42.4. The molecule has 0 saturated heterocycles. The van der Waals surface area contributed by atoms with E-state index in [2.05, 4.69) is 240 Å². The fraction of sp³-hybridized carbons (Fsp3) is 0.100. The number of amidine groups is 1. The largest absolute Gasteiger partial charge is 0.613 e. The molecule has 0 saturated carbocycles. The number of aliphatic imine (C=N–C) groups is 1. The third-order valence-electron chi connectivity index (χ3n) is 16.7. The molecular formula is C70H49N4OS-. The fourth-order valence-corrected chi connectivity index (χ4v) is 14.5. The number of benzene rings is 9. The van der Waals surface area contributed by atoms with Crippen molar-refractivity contribution in [2.75, 3.05) is 0 Å². The van der Waals surface area contributed by atoms with Crippen molar-refractivity contribution < 1.29 is 4.42 Å². The van der Waals surface area contributed by atoms with Crippen LogP contribution in [0.4, 0.5) is 0 Å². The molecule has 76 heavy (non-hydrogen) atoms.